The fourth-order valence-corrected chi connectivity index (χ4v) is 1.69. The van der Waals surface area contributed by atoms with E-state index in [2.05, 4.69) is 0 Å². The summed E-state index contributed by atoms with van der Waals surface area (Å²) in [6.07, 6.45) is -5.04. The largest absolute Gasteiger partial charge is 0.390 e. The molecule has 0 saturated carbocycles. The Morgan fingerprint density at radius 3 is 2.29 bits per heavy atom. The van der Waals surface area contributed by atoms with Crippen molar-refractivity contribution in [2.45, 2.75) is 25.2 Å². The summed E-state index contributed by atoms with van der Waals surface area (Å²) in [5, 5.41) is 0. The average Bonchev–Trinajstić information content (AvgIpc) is 2.26. The van der Waals surface area contributed by atoms with E-state index in [-0.39, 0.29) is 6.54 Å². The molecule has 0 spiro atoms. The highest BCUT2D eigenvalue weighted by atomic mass is 19.4. The maximum Gasteiger partial charge on any atom is 0.390 e. The fraction of sp³-hybridized carbons (Fsp3) is 0.500. The van der Waals surface area contributed by atoms with E-state index in [4.69, 9.17) is 5.73 Å². The van der Waals surface area contributed by atoms with Gasteiger partial charge in [-0.25, -0.2) is 0 Å². The second-order valence-electron chi connectivity index (χ2n) is 4.11. The van der Waals surface area contributed by atoms with Crippen LogP contribution in [0.3, 0.4) is 0 Å². The first-order valence-corrected chi connectivity index (χ1v) is 5.43. The molecule has 0 aliphatic carbocycles. The Morgan fingerprint density at radius 2 is 1.82 bits per heavy atom. The van der Waals surface area contributed by atoms with Crippen LogP contribution in [0.25, 0.3) is 0 Å². The van der Waals surface area contributed by atoms with Crippen molar-refractivity contribution in [2.75, 3.05) is 13.6 Å². The van der Waals surface area contributed by atoms with Gasteiger partial charge in [0, 0.05) is 19.1 Å². The summed E-state index contributed by atoms with van der Waals surface area (Å²) in [6, 6.07) is 8.71. The van der Waals surface area contributed by atoms with E-state index in [1.165, 1.54) is 0 Å². The van der Waals surface area contributed by atoms with Crippen molar-refractivity contribution in [3.05, 3.63) is 35.9 Å². The van der Waals surface area contributed by atoms with Crippen molar-refractivity contribution < 1.29 is 13.2 Å². The quantitative estimate of drug-likeness (QED) is 0.864. The van der Waals surface area contributed by atoms with Gasteiger partial charge in [-0.05, 0) is 12.6 Å². The molecule has 1 rings (SSSR count). The highest BCUT2D eigenvalue weighted by Crippen LogP contribution is 2.23. The SMILES string of the molecule is CN(Cc1ccccc1)[C@H](CN)CC(F)(F)F. The van der Waals surface area contributed by atoms with Gasteiger partial charge in [-0.15, -0.1) is 0 Å². The maximum atomic E-state index is 12.3. The smallest absolute Gasteiger partial charge is 0.329 e. The molecule has 0 aliphatic rings. The fourth-order valence-electron chi connectivity index (χ4n) is 1.69. The third-order valence-corrected chi connectivity index (χ3v) is 2.64. The molecular weight excluding hydrogens is 229 g/mol. The molecule has 1 atom stereocenters. The van der Waals surface area contributed by atoms with Gasteiger partial charge in [-0.1, -0.05) is 30.3 Å². The summed E-state index contributed by atoms with van der Waals surface area (Å²) in [4.78, 5) is 1.64. The van der Waals surface area contributed by atoms with E-state index in [1.54, 1.807) is 11.9 Å². The zero-order chi connectivity index (χ0) is 12.9. The van der Waals surface area contributed by atoms with Crippen LogP contribution in [0.5, 0.6) is 0 Å². The Kier molecular flexibility index (Phi) is 4.96. The molecule has 1 aromatic rings. The zero-order valence-electron chi connectivity index (χ0n) is 9.74. The van der Waals surface area contributed by atoms with Gasteiger partial charge < -0.3 is 5.73 Å². The molecule has 5 heteroatoms. The van der Waals surface area contributed by atoms with Crippen LogP contribution in [0.15, 0.2) is 30.3 Å². The molecule has 0 unspecified atom stereocenters. The van der Waals surface area contributed by atoms with Crippen LogP contribution in [0.2, 0.25) is 0 Å². The van der Waals surface area contributed by atoms with Crippen LogP contribution in [0, 0.1) is 0 Å². The summed E-state index contributed by atoms with van der Waals surface area (Å²) in [6.45, 7) is 0.474. The molecule has 17 heavy (non-hydrogen) atoms. The first kappa shape index (κ1) is 14.0. The molecule has 0 fully saturated rings. The molecule has 0 saturated heterocycles. The highest BCUT2D eigenvalue weighted by Gasteiger charge is 2.32. The molecule has 0 heterocycles. The van der Waals surface area contributed by atoms with Gasteiger partial charge in [0.1, 0.15) is 0 Å². The lowest BCUT2D eigenvalue weighted by Crippen LogP contribution is -2.40. The second kappa shape index (κ2) is 6.02. The Morgan fingerprint density at radius 1 is 1.24 bits per heavy atom. The molecule has 0 bridgehead atoms. The molecule has 0 radical (unpaired) electrons. The molecule has 1 aromatic carbocycles. The average molecular weight is 246 g/mol. The number of likely N-dealkylation sites (N-methyl/N-ethyl adjacent to an activating group) is 1. The van der Waals surface area contributed by atoms with Crippen molar-refractivity contribution >= 4 is 0 Å². The monoisotopic (exact) mass is 246 g/mol. The minimum absolute atomic E-state index is 0.00282. The van der Waals surface area contributed by atoms with Crippen molar-refractivity contribution in [3.63, 3.8) is 0 Å². The number of nitrogens with zero attached hydrogens (tertiary/aromatic N) is 1. The standard InChI is InChI=1S/C12H17F3N2/c1-17(9-10-5-3-2-4-6-10)11(8-16)7-12(13,14)15/h2-6,11H,7-9,16H2,1H3/t11-/m0/s1. The van der Waals surface area contributed by atoms with Crippen molar-refractivity contribution in [3.8, 4) is 0 Å². The van der Waals surface area contributed by atoms with Crippen molar-refractivity contribution in [1.82, 2.24) is 4.90 Å². The lowest BCUT2D eigenvalue weighted by molar-refractivity contribution is -0.146. The topological polar surface area (TPSA) is 29.3 Å². The second-order valence-corrected chi connectivity index (χ2v) is 4.11. The van der Waals surface area contributed by atoms with Crippen LogP contribution >= 0.6 is 0 Å². The van der Waals surface area contributed by atoms with Gasteiger partial charge in [0.2, 0.25) is 0 Å². The van der Waals surface area contributed by atoms with Crippen LogP contribution in [0.1, 0.15) is 12.0 Å². The van der Waals surface area contributed by atoms with E-state index in [1.807, 2.05) is 30.3 Å². The van der Waals surface area contributed by atoms with E-state index < -0.39 is 18.6 Å². The molecule has 2 N–H and O–H groups in total. The number of hydrogen-bond donors (Lipinski definition) is 1. The molecule has 2 nitrogen and oxygen atoms in total. The molecule has 96 valence electrons. The predicted molar refractivity (Wildman–Crippen MR) is 61.4 cm³/mol. The van der Waals surface area contributed by atoms with Gasteiger partial charge in [0.05, 0.1) is 6.42 Å². The summed E-state index contributed by atoms with van der Waals surface area (Å²) >= 11 is 0. The highest BCUT2D eigenvalue weighted by molar-refractivity contribution is 5.14. The molecular formula is C12H17F3N2. The number of alkyl halides is 3. The molecule has 0 amide bonds. The van der Waals surface area contributed by atoms with Gasteiger partial charge in [0.15, 0.2) is 0 Å². The normalized spacial score (nSPS) is 14.0. The molecule has 0 aliphatic heterocycles. The van der Waals surface area contributed by atoms with Crippen LogP contribution in [-0.4, -0.2) is 30.7 Å². The van der Waals surface area contributed by atoms with Crippen molar-refractivity contribution in [1.29, 1.82) is 0 Å². The van der Waals surface area contributed by atoms with Gasteiger partial charge in [-0.2, -0.15) is 13.2 Å². The predicted octanol–water partition coefficient (Wildman–Crippen LogP) is 2.40. The number of rotatable bonds is 5. The Balaban J connectivity index is 2.58. The van der Waals surface area contributed by atoms with Gasteiger partial charge in [0.25, 0.3) is 0 Å². The lowest BCUT2D eigenvalue weighted by Gasteiger charge is -2.27. The van der Waals surface area contributed by atoms with E-state index in [0.29, 0.717) is 6.54 Å². The van der Waals surface area contributed by atoms with E-state index >= 15 is 0 Å². The summed E-state index contributed by atoms with van der Waals surface area (Å²) < 4.78 is 36.9. The molecule has 0 aromatic heterocycles. The van der Waals surface area contributed by atoms with Gasteiger partial charge >= 0.3 is 6.18 Å². The third-order valence-electron chi connectivity index (χ3n) is 2.64. The zero-order valence-corrected chi connectivity index (χ0v) is 9.74. The summed E-state index contributed by atoms with van der Waals surface area (Å²) in [5.74, 6) is 0. The Labute approximate surface area is 99.2 Å². The lowest BCUT2D eigenvalue weighted by atomic mass is 10.1. The van der Waals surface area contributed by atoms with Crippen LogP contribution in [0.4, 0.5) is 13.2 Å². The first-order chi connectivity index (χ1) is 7.92. The number of benzene rings is 1. The minimum atomic E-state index is -4.17. The van der Waals surface area contributed by atoms with E-state index in [0.717, 1.165) is 5.56 Å². The maximum absolute atomic E-state index is 12.3. The Bertz CT molecular complexity index is 324. The van der Waals surface area contributed by atoms with Gasteiger partial charge in [-0.3, -0.25) is 4.90 Å². The van der Waals surface area contributed by atoms with E-state index in [9.17, 15) is 13.2 Å². The van der Waals surface area contributed by atoms with Crippen LogP contribution in [-0.2, 0) is 6.54 Å². The number of halogens is 3. The third kappa shape index (κ3) is 5.19. The van der Waals surface area contributed by atoms with Crippen LogP contribution < -0.4 is 5.73 Å². The van der Waals surface area contributed by atoms with Crippen molar-refractivity contribution in [2.24, 2.45) is 5.73 Å². The Hall–Kier alpha value is -1.07. The first-order valence-electron chi connectivity index (χ1n) is 5.43. The summed E-state index contributed by atoms with van der Waals surface area (Å²) in [5.41, 5.74) is 6.37. The number of nitrogens with two attached hydrogens (primary N) is 1. The minimum Gasteiger partial charge on any atom is -0.329 e. The number of hydrogen-bond acceptors (Lipinski definition) is 2. The summed E-state index contributed by atoms with van der Waals surface area (Å²) in [7, 11) is 1.66.